The van der Waals surface area contributed by atoms with E-state index in [0.29, 0.717) is 24.6 Å². The van der Waals surface area contributed by atoms with Crippen LogP contribution in [-0.2, 0) is 6.54 Å². The van der Waals surface area contributed by atoms with Crippen LogP contribution in [0, 0.1) is 22.5 Å². The Bertz CT molecular complexity index is 511. The highest BCUT2D eigenvalue weighted by Crippen LogP contribution is 2.18. The number of terminal acetylenes is 1. The Labute approximate surface area is 135 Å². The van der Waals surface area contributed by atoms with Crippen molar-refractivity contribution in [1.82, 2.24) is 10.6 Å². The molecular formula is C13H17IN4O2. The Morgan fingerprint density at radius 3 is 2.75 bits per heavy atom. The number of nitro benzene ring substituents is 1. The summed E-state index contributed by atoms with van der Waals surface area (Å²) in [6.07, 6.45) is 5.16. The van der Waals surface area contributed by atoms with Gasteiger partial charge in [0, 0.05) is 12.6 Å². The normalized spacial score (nSPS) is 10.1. The fourth-order valence-electron chi connectivity index (χ4n) is 1.46. The molecule has 0 bridgehead atoms. The molecule has 20 heavy (non-hydrogen) atoms. The van der Waals surface area contributed by atoms with Gasteiger partial charge < -0.3 is 10.6 Å². The molecule has 0 aliphatic heterocycles. The summed E-state index contributed by atoms with van der Waals surface area (Å²) in [6, 6.07) is 6.53. The molecule has 1 rings (SSSR count). The smallest absolute Gasteiger partial charge is 0.274 e. The summed E-state index contributed by atoms with van der Waals surface area (Å²) < 4.78 is 0. The van der Waals surface area contributed by atoms with Crippen LogP contribution in [0.1, 0.15) is 12.5 Å². The highest BCUT2D eigenvalue weighted by molar-refractivity contribution is 14.0. The fraction of sp³-hybridized carbons (Fsp3) is 0.308. The van der Waals surface area contributed by atoms with E-state index in [1.54, 1.807) is 18.2 Å². The summed E-state index contributed by atoms with van der Waals surface area (Å²) in [5.41, 5.74) is 0.629. The van der Waals surface area contributed by atoms with Gasteiger partial charge >= 0.3 is 0 Å². The van der Waals surface area contributed by atoms with Gasteiger partial charge in [0.25, 0.3) is 5.69 Å². The first-order valence-corrected chi connectivity index (χ1v) is 5.87. The first-order chi connectivity index (χ1) is 9.19. The molecule has 6 nitrogen and oxygen atoms in total. The molecule has 0 heterocycles. The molecule has 0 saturated carbocycles. The fourth-order valence-corrected chi connectivity index (χ4v) is 1.46. The average molecular weight is 388 g/mol. The van der Waals surface area contributed by atoms with Crippen molar-refractivity contribution in [1.29, 1.82) is 0 Å². The molecule has 2 N–H and O–H groups in total. The van der Waals surface area contributed by atoms with Crippen LogP contribution in [0.2, 0.25) is 0 Å². The van der Waals surface area contributed by atoms with Crippen molar-refractivity contribution in [3.8, 4) is 12.3 Å². The topological polar surface area (TPSA) is 79.6 Å². The van der Waals surface area contributed by atoms with Gasteiger partial charge in [0.15, 0.2) is 5.96 Å². The predicted octanol–water partition coefficient (Wildman–Crippen LogP) is 1.90. The predicted molar refractivity (Wildman–Crippen MR) is 90.2 cm³/mol. The van der Waals surface area contributed by atoms with Crippen LogP contribution in [0.15, 0.2) is 29.3 Å². The summed E-state index contributed by atoms with van der Waals surface area (Å²) in [7, 11) is 0. The number of hydrogen-bond donors (Lipinski definition) is 2. The zero-order valence-corrected chi connectivity index (χ0v) is 13.5. The molecule has 0 fully saturated rings. The first kappa shape index (κ1) is 18.2. The SMILES string of the molecule is C#CCNC(=NCc1ccccc1[N+](=O)[O-])NCC.I. The maximum atomic E-state index is 10.9. The largest absolute Gasteiger partial charge is 0.357 e. The van der Waals surface area contributed by atoms with E-state index < -0.39 is 4.92 Å². The lowest BCUT2D eigenvalue weighted by molar-refractivity contribution is -0.385. The molecule has 0 atom stereocenters. The molecule has 0 radical (unpaired) electrons. The highest BCUT2D eigenvalue weighted by atomic mass is 127. The number of aliphatic imine (C=N–C) groups is 1. The minimum Gasteiger partial charge on any atom is -0.357 e. The van der Waals surface area contributed by atoms with Crippen molar-refractivity contribution in [2.24, 2.45) is 4.99 Å². The maximum absolute atomic E-state index is 10.9. The number of nitrogens with one attached hydrogen (secondary N) is 2. The molecule has 1 aromatic carbocycles. The molecule has 0 amide bonds. The van der Waals surface area contributed by atoms with Crippen molar-refractivity contribution >= 4 is 35.6 Å². The third-order valence-corrected chi connectivity index (χ3v) is 2.30. The second kappa shape index (κ2) is 10.0. The van der Waals surface area contributed by atoms with Crippen LogP contribution < -0.4 is 10.6 Å². The molecular weight excluding hydrogens is 371 g/mol. The van der Waals surface area contributed by atoms with E-state index in [1.807, 2.05) is 6.92 Å². The molecule has 0 aliphatic carbocycles. The number of guanidine groups is 1. The average Bonchev–Trinajstić information content (AvgIpc) is 2.42. The van der Waals surface area contributed by atoms with Crippen LogP contribution in [0.5, 0.6) is 0 Å². The quantitative estimate of drug-likeness (QED) is 0.202. The third kappa shape index (κ3) is 5.88. The second-order valence-corrected chi connectivity index (χ2v) is 3.64. The van der Waals surface area contributed by atoms with Crippen LogP contribution in [0.25, 0.3) is 0 Å². The van der Waals surface area contributed by atoms with Gasteiger partial charge in [0.05, 0.1) is 23.6 Å². The molecule has 0 spiro atoms. The summed E-state index contributed by atoms with van der Waals surface area (Å²) in [4.78, 5) is 14.7. The lowest BCUT2D eigenvalue weighted by atomic mass is 10.2. The Morgan fingerprint density at radius 1 is 1.45 bits per heavy atom. The van der Waals surface area contributed by atoms with Gasteiger partial charge in [0.1, 0.15) is 0 Å². The van der Waals surface area contributed by atoms with Gasteiger partial charge in [-0.3, -0.25) is 10.1 Å². The summed E-state index contributed by atoms with van der Waals surface area (Å²) >= 11 is 0. The summed E-state index contributed by atoms with van der Waals surface area (Å²) in [5, 5.41) is 16.8. The second-order valence-electron chi connectivity index (χ2n) is 3.64. The van der Waals surface area contributed by atoms with E-state index in [4.69, 9.17) is 6.42 Å². The zero-order chi connectivity index (χ0) is 14.1. The van der Waals surface area contributed by atoms with E-state index in [0.717, 1.165) is 0 Å². The third-order valence-electron chi connectivity index (χ3n) is 2.30. The Kier molecular flexibility index (Phi) is 9.11. The van der Waals surface area contributed by atoms with Crippen molar-refractivity contribution in [3.63, 3.8) is 0 Å². The van der Waals surface area contributed by atoms with E-state index in [9.17, 15) is 10.1 Å². The lowest BCUT2D eigenvalue weighted by Gasteiger charge is -2.08. The minimum atomic E-state index is -0.410. The van der Waals surface area contributed by atoms with Crippen molar-refractivity contribution in [3.05, 3.63) is 39.9 Å². The van der Waals surface area contributed by atoms with Crippen LogP contribution in [-0.4, -0.2) is 24.0 Å². The molecule has 7 heteroatoms. The van der Waals surface area contributed by atoms with E-state index >= 15 is 0 Å². The molecule has 0 unspecified atom stereocenters. The number of nitro groups is 1. The van der Waals surface area contributed by atoms with Crippen LogP contribution in [0.3, 0.4) is 0 Å². The zero-order valence-electron chi connectivity index (χ0n) is 11.1. The van der Waals surface area contributed by atoms with Gasteiger partial charge in [-0.2, -0.15) is 0 Å². The van der Waals surface area contributed by atoms with Crippen LogP contribution >= 0.6 is 24.0 Å². The minimum absolute atomic E-state index is 0. The molecule has 1 aromatic rings. The highest BCUT2D eigenvalue weighted by Gasteiger charge is 2.11. The molecule has 0 saturated heterocycles. The van der Waals surface area contributed by atoms with Gasteiger partial charge in [-0.15, -0.1) is 30.4 Å². The number of halogens is 1. The Hall–Kier alpha value is -1.82. The van der Waals surface area contributed by atoms with Gasteiger partial charge in [-0.1, -0.05) is 24.1 Å². The molecule has 0 aliphatic rings. The first-order valence-electron chi connectivity index (χ1n) is 5.87. The number of rotatable bonds is 5. The molecule has 108 valence electrons. The van der Waals surface area contributed by atoms with E-state index in [2.05, 4.69) is 21.5 Å². The number of nitrogens with zero attached hydrogens (tertiary/aromatic N) is 2. The number of benzene rings is 1. The van der Waals surface area contributed by atoms with Crippen molar-refractivity contribution < 1.29 is 4.92 Å². The standard InChI is InChI=1S/C13H16N4O2.HI/c1-3-9-15-13(14-4-2)16-10-11-7-5-6-8-12(11)17(18)19;/h1,5-8H,4,9-10H2,2H3,(H2,14,15,16);1H. The Balaban J connectivity index is 0.00000361. The lowest BCUT2D eigenvalue weighted by Crippen LogP contribution is -2.37. The molecule has 0 aromatic heterocycles. The van der Waals surface area contributed by atoms with E-state index in [-0.39, 0.29) is 36.2 Å². The number of hydrogen-bond acceptors (Lipinski definition) is 3. The van der Waals surface area contributed by atoms with Crippen molar-refractivity contribution in [2.75, 3.05) is 13.1 Å². The monoisotopic (exact) mass is 388 g/mol. The van der Waals surface area contributed by atoms with Gasteiger partial charge in [0.2, 0.25) is 0 Å². The van der Waals surface area contributed by atoms with Gasteiger partial charge in [-0.05, 0) is 6.92 Å². The van der Waals surface area contributed by atoms with E-state index in [1.165, 1.54) is 6.07 Å². The van der Waals surface area contributed by atoms with Crippen LogP contribution in [0.4, 0.5) is 5.69 Å². The van der Waals surface area contributed by atoms with Crippen molar-refractivity contribution in [2.45, 2.75) is 13.5 Å². The maximum Gasteiger partial charge on any atom is 0.274 e. The number of para-hydroxylation sites is 1. The summed E-state index contributed by atoms with van der Waals surface area (Å²) in [6.45, 7) is 3.19. The summed E-state index contributed by atoms with van der Waals surface area (Å²) in [5.74, 6) is 2.98. The Morgan fingerprint density at radius 2 is 2.15 bits per heavy atom. The van der Waals surface area contributed by atoms with Gasteiger partial charge in [-0.25, -0.2) is 4.99 Å².